The van der Waals surface area contributed by atoms with E-state index in [9.17, 15) is 13.2 Å². The quantitative estimate of drug-likeness (QED) is 0.907. The summed E-state index contributed by atoms with van der Waals surface area (Å²) >= 11 is 5.81. The third-order valence-corrected chi connectivity index (χ3v) is 4.40. The molecule has 0 aliphatic carbocycles. The van der Waals surface area contributed by atoms with Crippen LogP contribution in [0.3, 0.4) is 0 Å². The lowest BCUT2D eigenvalue weighted by atomic mass is 10.2. The summed E-state index contributed by atoms with van der Waals surface area (Å²) in [4.78, 5) is 13.4. The largest absolute Gasteiger partial charge is 0.394 e. The van der Waals surface area contributed by atoms with Gasteiger partial charge in [-0.05, 0) is 25.1 Å². The average molecular weight is 306 g/mol. The summed E-state index contributed by atoms with van der Waals surface area (Å²) < 4.78 is 23.1. The van der Waals surface area contributed by atoms with E-state index in [0.29, 0.717) is 0 Å². The van der Waals surface area contributed by atoms with Gasteiger partial charge < -0.3 is 10.0 Å². The van der Waals surface area contributed by atoms with Gasteiger partial charge in [0.25, 0.3) is 5.91 Å². The van der Waals surface area contributed by atoms with E-state index < -0.39 is 9.84 Å². The van der Waals surface area contributed by atoms with Gasteiger partial charge in [-0.25, -0.2) is 8.42 Å². The molecular formula is C12H16ClNO4S. The van der Waals surface area contributed by atoms with Gasteiger partial charge in [0, 0.05) is 18.9 Å². The van der Waals surface area contributed by atoms with Crippen molar-refractivity contribution in [3.8, 4) is 0 Å². The van der Waals surface area contributed by atoms with Gasteiger partial charge in [-0.1, -0.05) is 11.6 Å². The Hall–Kier alpha value is -1.11. The molecule has 0 saturated carbocycles. The van der Waals surface area contributed by atoms with Gasteiger partial charge in [0.2, 0.25) is 0 Å². The second kappa shape index (κ2) is 5.90. The minimum Gasteiger partial charge on any atom is -0.394 e. The molecular weight excluding hydrogens is 290 g/mol. The number of carbonyl (C=O) groups is 1. The number of amides is 1. The Kier molecular flexibility index (Phi) is 4.95. The SMILES string of the molecule is CC(CO)N(C)C(=O)c1ccc(Cl)c(S(C)(=O)=O)c1. The van der Waals surface area contributed by atoms with Crippen LogP contribution in [0.15, 0.2) is 23.1 Å². The number of nitrogens with zero attached hydrogens (tertiary/aromatic N) is 1. The summed E-state index contributed by atoms with van der Waals surface area (Å²) in [5.41, 5.74) is 0.215. The zero-order chi connectivity index (χ0) is 14.8. The molecule has 0 aliphatic heterocycles. The molecule has 1 N–H and O–H groups in total. The molecule has 0 heterocycles. The number of hydrogen-bond acceptors (Lipinski definition) is 4. The third kappa shape index (κ3) is 3.68. The summed E-state index contributed by atoms with van der Waals surface area (Å²) in [6.45, 7) is 1.51. The van der Waals surface area contributed by atoms with Crippen molar-refractivity contribution in [2.45, 2.75) is 17.9 Å². The molecule has 1 amide bonds. The van der Waals surface area contributed by atoms with Gasteiger partial charge in [0.1, 0.15) is 0 Å². The van der Waals surface area contributed by atoms with Crippen LogP contribution in [-0.4, -0.2) is 50.3 Å². The van der Waals surface area contributed by atoms with Crippen LogP contribution >= 0.6 is 11.6 Å². The highest BCUT2D eigenvalue weighted by Crippen LogP contribution is 2.23. The Labute approximate surface area is 117 Å². The Morgan fingerprint density at radius 2 is 2.05 bits per heavy atom. The van der Waals surface area contributed by atoms with Crippen LogP contribution in [0, 0.1) is 0 Å². The first kappa shape index (κ1) is 15.9. The van der Waals surface area contributed by atoms with Crippen LogP contribution in [0.1, 0.15) is 17.3 Å². The molecule has 0 fully saturated rings. The van der Waals surface area contributed by atoms with E-state index in [4.69, 9.17) is 16.7 Å². The van der Waals surface area contributed by atoms with E-state index in [0.717, 1.165) is 6.26 Å². The zero-order valence-corrected chi connectivity index (χ0v) is 12.5. The topological polar surface area (TPSA) is 74.7 Å². The number of rotatable bonds is 4. The van der Waals surface area contributed by atoms with E-state index >= 15 is 0 Å². The Morgan fingerprint density at radius 3 is 2.53 bits per heavy atom. The lowest BCUT2D eigenvalue weighted by molar-refractivity contribution is 0.0682. The standard InChI is InChI=1S/C12H16ClNO4S/c1-8(7-15)14(2)12(16)9-4-5-10(13)11(6-9)19(3,17)18/h4-6,8,15H,7H2,1-3H3. The minimum absolute atomic E-state index is 0.0786. The van der Waals surface area contributed by atoms with Crippen LogP contribution < -0.4 is 0 Å². The molecule has 1 unspecified atom stereocenters. The van der Waals surface area contributed by atoms with E-state index in [1.165, 1.54) is 30.1 Å². The minimum atomic E-state index is -3.49. The second-order valence-electron chi connectivity index (χ2n) is 4.37. The fourth-order valence-electron chi connectivity index (χ4n) is 1.45. The highest BCUT2D eigenvalue weighted by atomic mass is 35.5. The van der Waals surface area contributed by atoms with Gasteiger partial charge in [-0.3, -0.25) is 4.79 Å². The molecule has 106 valence electrons. The summed E-state index contributed by atoms with van der Waals surface area (Å²) in [6, 6.07) is 3.73. The maximum Gasteiger partial charge on any atom is 0.253 e. The van der Waals surface area contributed by atoms with E-state index in [-0.39, 0.29) is 34.0 Å². The maximum atomic E-state index is 12.1. The van der Waals surface area contributed by atoms with Crippen LogP contribution in [0.2, 0.25) is 5.02 Å². The number of aliphatic hydroxyl groups excluding tert-OH is 1. The smallest absolute Gasteiger partial charge is 0.253 e. The molecule has 0 radical (unpaired) electrons. The molecule has 0 aromatic heterocycles. The van der Waals surface area contributed by atoms with E-state index in [2.05, 4.69) is 0 Å². The molecule has 19 heavy (non-hydrogen) atoms. The van der Waals surface area contributed by atoms with Gasteiger partial charge in [-0.15, -0.1) is 0 Å². The average Bonchev–Trinajstić information content (AvgIpc) is 2.35. The van der Waals surface area contributed by atoms with E-state index in [1.54, 1.807) is 6.92 Å². The van der Waals surface area contributed by atoms with Crippen molar-refractivity contribution in [3.63, 3.8) is 0 Å². The number of aliphatic hydroxyl groups is 1. The van der Waals surface area contributed by atoms with Crippen LogP contribution in [-0.2, 0) is 9.84 Å². The van der Waals surface area contributed by atoms with Crippen LogP contribution in [0.4, 0.5) is 0 Å². The number of halogens is 1. The van der Waals surface area contributed by atoms with Crippen molar-refractivity contribution in [1.82, 2.24) is 4.90 Å². The first-order valence-corrected chi connectivity index (χ1v) is 7.83. The first-order chi connectivity index (χ1) is 8.68. The monoisotopic (exact) mass is 305 g/mol. The van der Waals surface area contributed by atoms with Gasteiger partial charge in [0.05, 0.1) is 22.6 Å². The molecule has 1 atom stereocenters. The highest BCUT2D eigenvalue weighted by Gasteiger charge is 2.20. The first-order valence-electron chi connectivity index (χ1n) is 5.56. The maximum absolute atomic E-state index is 12.1. The van der Waals surface area contributed by atoms with Gasteiger partial charge >= 0.3 is 0 Å². The zero-order valence-electron chi connectivity index (χ0n) is 10.9. The van der Waals surface area contributed by atoms with Crippen molar-refractivity contribution in [2.24, 2.45) is 0 Å². The highest BCUT2D eigenvalue weighted by molar-refractivity contribution is 7.90. The summed E-state index contributed by atoms with van der Waals surface area (Å²) in [5, 5.41) is 9.10. The number of sulfone groups is 1. The van der Waals surface area contributed by atoms with E-state index in [1.807, 2.05) is 0 Å². The van der Waals surface area contributed by atoms with Crippen LogP contribution in [0.25, 0.3) is 0 Å². The van der Waals surface area contributed by atoms with Crippen molar-refractivity contribution >= 4 is 27.3 Å². The molecule has 0 aliphatic rings. The Bertz CT molecular complexity index is 585. The Morgan fingerprint density at radius 1 is 1.47 bits per heavy atom. The van der Waals surface area contributed by atoms with Crippen LogP contribution in [0.5, 0.6) is 0 Å². The second-order valence-corrected chi connectivity index (χ2v) is 6.76. The molecule has 0 bridgehead atoms. The molecule has 1 aromatic rings. The fourth-order valence-corrected chi connectivity index (χ4v) is 2.75. The fraction of sp³-hybridized carbons (Fsp3) is 0.417. The molecule has 5 nitrogen and oxygen atoms in total. The molecule has 0 spiro atoms. The predicted molar refractivity (Wildman–Crippen MR) is 73.2 cm³/mol. The lowest BCUT2D eigenvalue weighted by Crippen LogP contribution is -2.37. The molecule has 7 heteroatoms. The summed E-state index contributed by atoms with van der Waals surface area (Å²) in [6.07, 6.45) is 1.03. The molecule has 1 rings (SSSR count). The lowest BCUT2D eigenvalue weighted by Gasteiger charge is -2.23. The normalized spacial score (nSPS) is 13.1. The van der Waals surface area contributed by atoms with Crippen molar-refractivity contribution in [2.75, 3.05) is 19.9 Å². The van der Waals surface area contributed by atoms with Crippen molar-refractivity contribution in [1.29, 1.82) is 0 Å². The molecule has 1 aromatic carbocycles. The van der Waals surface area contributed by atoms with Crippen molar-refractivity contribution in [3.05, 3.63) is 28.8 Å². The Balaban J connectivity index is 3.20. The summed E-state index contributed by atoms with van der Waals surface area (Å²) in [5.74, 6) is -0.372. The third-order valence-electron chi connectivity index (χ3n) is 2.82. The number of benzene rings is 1. The number of likely N-dealkylation sites (N-methyl/N-ethyl adjacent to an activating group) is 1. The number of hydrogen-bond donors (Lipinski definition) is 1. The summed E-state index contributed by atoms with van der Waals surface area (Å²) in [7, 11) is -1.95. The molecule has 0 saturated heterocycles. The van der Waals surface area contributed by atoms with Gasteiger partial charge in [0.15, 0.2) is 9.84 Å². The predicted octanol–water partition coefficient (Wildman–Crippen LogP) is 1.20. The number of carbonyl (C=O) groups excluding carboxylic acids is 1. The van der Waals surface area contributed by atoms with Crippen molar-refractivity contribution < 1.29 is 18.3 Å². The van der Waals surface area contributed by atoms with Gasteiger partial charge in [-0.2, -0.15) is 0 Å².